The Labute approximate surface area is 41.6 Å². The van der Waals surface area contributed by atoms with E-state index in [1.54, 1.807) is 0 Å². The summed E-state index contributed by atoms with van der Waals surface area (Å²) < 4.78 is 6.94. The van der Waals surface area contributed by atoms with E-state index in [0.717, 1.165) is 0 Å². The van der Waals surface area contributed by atoms with E-state index < -0.39 is 0 Å². The lowest BCUT2D eigenvalue weighted by Crippen LogP contribution is -1.09. The van der Waals surface area contributed by atoms with Crippen molar-refractivity contribution in [2.24, 2.45) is 9.03 Å². The van der Waals surface area contributed by atoms with Gasteiger partial charge in [0.25, 0.3) is 0 Å². The Morgan fingerprint density at radius 2 is 1.50 bits per heavy atom. The van der Waals surface area contributed by atoms with E-state index in [4.69, 9.17) is 0 Å². The van der Waals surface area contributed by atoms with Gasteiger partial charge in [0.1, 0.15) is 8.88 Å². The molecule has 0 spiro atoms. The highest BCUT2D eigenvalue weighted by Gasteiger charge is 1.53. The third kappa shape index (κ3) is 8.82. The summed E-state index contributed by atoms with van der Waals surface area (Å²) in [6.07, 6.45) is 0. The number of halogens is 1. The maximum atomic E-state index is 3.47. The zero-order chi connectivity index (χ0) is 4.12. The fourth-order valence-corrected chi connectivity index (χ4v) is 0.675. The van der Waals surface area contributed by atoms with Gasteiger partial charge in [-0.3, -0.25) is 4.70 Å². The quantitative estimate of drug-likeness (QED) is 0.531. The summed E-state index contributed by atoms with van der Waals surface area (Å²) in [5.41, 5.74) is 0. The van der Waals surface area contributed by atoms with Crippen LogP contribution >= 0.6 is 26.9 Å². The molecular formula is H4FN2P3. The van der Waals surface area contributed by atoms with Crippen molar-refractivity contribution in [3.05, 3.63) is 0 Å². The third-order valence-corrected chi connectivity index (χ3v) is 0.900. The van der Waals surface area contributed by atoms with Crippen LogP contribution in [0.25, 0.3) is 0 Å². The minimum atomic E-state index is 0. The van der Waals surface area contributed by atoms with E-state index in [0.29, 0.717) is 0 Å². The summed E-state index contributed by atoms with van der Waals surface area (Å²) in [5.74, 6) is 0. The largest absolute Gasteiger partial charge is 0.269 e. The predicted octanol–water partition coefficient (Wildman–Crippen LogP) is 2.30. The van der Waals surface area contributed by atoms with Gasteiger partial charge < -0.3 is 0 Å². The molecule has 6 heavy (non-hydrogen) atoms. The van der Waals surface area contributed by atoms with Gasteiger partial charge in [-0.2, -0.15) is 0 Å². The highest BCUT2D eigenvalue weighted by molar-refractivity contribution is 7.42. The molecule has 0 fully saturated rings. The van der Waals surface area contributed by atoms with Crippen molar-refractivity contribution in [1.82, 2.24) is 0 Å². The number of nitrogens with zero attached hydrogens (tertiary/aromatic N) is 2. The standard InChI is InChI=1S/FH.H3N2P3/c;3-1-5-2-4/h1H;3-5H. The van der Waals surface area contributed by atoms with Crippen LogP contribution in [0.5, 0.6) is 0 Å². The molecule has 0 atom stereocenters. The van der Waals surface area contributed by atoms with Gasteiger partial charge in [0.15, 0.2) is 0 Å². The van der Waals surface area contributed by atoms with E-state index in [-0.39, 0.29) is 13.6 Å². The summed E-state index contributed by atoms with van der Waals surface area (Å²) in [7, 11) is 6.00. The Kier molecular flexibility index (Phi) is 14.8. The minimum absolute atomic E-state index is 0. The summed E-state index contributed by atoms with van der Waals surface area (Å²) in [4.78, 5) is 0. The van der Waals surface area contributed by atoms with Gasteiger partial charge in [-0.05, 0) is 18.1 Å². The molecule has 0 saturated heterocycles. The van der Waals surface area contributed by atoms with E-state index in [1.165, 1.54) is 0 Å². The lowest BCUT2D eigenvalue weighted by atomic mass is 13.9. The maximum Gasteiger partial charge on any atom is 0.131 e. The Morgan fingerprint density at radius 3 is 1.50 bits per heavy atom. The van der Waals surface area contributed by atoms with Crippen LogP contribution < -0.4 is 0 Å². The Balaban J connectivity index is 0. The topological polar surface area (TPSA) is 24.7 Å². The molecule has 6 heteroatoms. The zero-order valence-electron chi connectivity index (χ0n) is 2.80. The average molecular weight is 144 g/mol. The maximum absolute atomic E-state index is 3.47. The first-order valence-electron chi connectivity index (χ1n) is 0.894. The first-order valence-corrected chi connectivity index (χ1v) is 2.68. The van der Waals surface area contributed by atoms with E-state index in [9.17, 15) is 0 Å². The fourth-order valence-electron chi connectivity index (χ4n) is 0.0250. The van der Waals surface area contributed by atoms with Crippen LogP contribution in [0.1, 0.15) is 0 Å². The first-order chi connectivity index (χ1) is 2.41. The Hall–Kier alpha value is 0.560. The van der Waals surface area contributed by atoms with Crippen LogP contribution in [0, 0.1) is 0 Å². The average Bonchev–Trinajstić information content (AvgIpc) is 1.41. The first kappa shape index (κ1) is 9.75. The van der Waals surface area contributed by atoms with Crippen molar-refractivity contribution < 1.29 is 4.70 Å². The molecule has 0 bridgehead atoms. The predicted molar refractivity (Wildman–Crippen MR) is 32.3 cm³/mol. The van der Waals surface area contributed by atoms with Crippen LogP contribution in [0.4, 0.5) is 4.70 Å². The molecule has 0 unspecified atom stereocenters. The van der Waals surface area contributed by atoms with Crippen molar-refractivity contribution in [2.45, 2.75) is 0 Å². The smallest absolute Gasteiger partial charge is 0.131 e. The lowest BCUT2D eigenvalue weighted by molar-refractivity contribution is 1.11. The molecular weight excluding hydrogens is 140 g/mol. The van der Waals surface area contributed by atoms with Crippen LogP contribution in [0.15, 0.2) is 9.03 Å². The second-order valence-corrected chi connectivity index (χ2v) is 2.31. The molecule has 0 N–H and O–H groups in total. The molecule has 0 aliphatic rings. The minimum Gasteiger partial charge on any atom is -0.269 e. The SMILES string of the molecule is F.P=NPN=P. The highest BCUT2D eigenvalue weighted by Crippen LogP contribution is 2.14. The molecule has 2 nitrogen and oxygen atoms in total. The van der Waals surface area contributed by atoms with Crippen LogP contribution in [0.3, 0.4) is 0 Å². The van der Waals surface area contributed by atoms with Crippen molar-refractivity contribution >= 4 is 26.9 Å². The van der Waals surface area contributed by atoms with Crippen LogP contribution in [-0.2, 0) is 0 Å². The normalized spacial score (nSPS) is 7.33. The molecule has 0 aromatic carbocycles. The Morgan fingerprint density at radius 1 is 1.17 bits per heavy atom. The summed E-state index contributed by atoms with van der Waals surface area (Å²) in [6, 6.07) is 0. The van der Waals surface area contributed by atoms with Crippen molar-refractivity contribution in [3.63, 3.8) is 0 Å². The van der Waals surface area contributed by atoms with Crippen molar-refractivity contribution in [1.29, 1.82) is 0 Å². The molecule has 0 saturated carbocycles. The van der Waals surface area contributed by atoms with Crippen LogP contribution in [0.2, 0.25) is 0 Å². The summed E-state index contributed by atoms with van der Waals surface area (Å²) in [6.45, 7) is 0. The summed E-state index contributed by atoms with van der Waals surface area (Å²) in [5, 5.41) is 0. The van der Waals surface area contributed by atoms with Crippen molar-refractivity contribution in [2.75, 3.05) is 0 Å². The van der Waals surface area contributed by atoms with Gasteiger partial charge in [0, 0.05) is 0 Å². The molecule has 0 radical (unpaired) electrons. The molecule has 0 amide bonds. The number of hydrogen-bond donors (Lipinski definition) is 0. The number of hydrogen-bond acceptors (Lipinski definition) is 2. The van der Waals surface area contributed by atoms with Gasteiger partial charge >= 0.3 is 0 Å². The van der Waals surface area contributed by atoms with Crippen molar-refractivity contribution in [3.8, 4) is 0 Å². The number of rotatable bonds is 2. The fraction of sp³-hybridized carbons (Fsp3) is 0. The Bertz CT molecular complexity index is 38.1. The lowest BCUT2D eigenvalue weighted by Gasteiger charge is -1.65. The molecule has 0 aromatic rings. The van der Waals surface area contributed by atoms with E-state index in [1.807, 2.05) is 0 Å². The van der Waals surface area contributed by atoms with Gasteiger partial charge in [0.2, 0.25) is 0 Å². The molecule has 0 aromatic heterocycles. The zero-order valence-corrected chi connectivity index (χ0v) is 5.80. The van der Waals surface area contributed by atoms with Gasteiger partial charge in [-0.25, -0.2) is 9.03 Å². The molecule has 0 aliphatic carbocycles. The highest BCUT2D eigenvalue weighted by atomic mass is 31.1. The van der Waals surface area contributed by atoms with Gasteiger partial charge in [-0.1, -0.05) is 0 Å². The second kappa shape index (κ2) is 9.12. The monoisotopic (exact) mass is 144 g/mol. The van der Waals surface area contributed by atoms with E-state index in [2.05, 4.69) is 27.1 Å². The second-order valence-electron chi connectivity index (χ2n) is 0.324. The van der Waals surface area contributed by atoms with E-state index >= 15 is 0 Å². The third-order valence-electron chi connectivity index (χ3n) is 0.100. The molecule has 0 rings (SSSR count). The molecule has 0 heterocycles. The molecule has 0 aliphatic heterocycles. The van der Waals surface area contributed by atoms with Crippen LogP contribution in [-0.4, -0.2) is 0 Å². The summed E-state index contributed by atoms with van der Waals surface area (Å²) >= 11 is 0. The van der Waals surface area contributed by atoms with Gasteiger partial charge in [-0.15, -0.1) is 0 Å². The molecule has 36 valence electrons. The van der Waals surface area contributed by atoms with Gasteiger partial charge in [0.05, 0.1) is 0 Å².